The summed E-state index contributed by atoms with van der Waals surface area (Å²) in [5, 5.41) is 0. The second kappa shape index (κ2) is 3.94. The highest BCUT2D eigenvalue weighted by atomic mass is 16.5. The normalized spacial score (nSPS) is 21.0. The van der Waals surface area contributed by atoms with E-state index >= 15 is 0 Å². The Hall–Kier alpha value is -0.0800. The predicted molar refractivity (Wildman–Crippen MR) is 41.8 cm³/mol. The van der Waals surface area contributed by atoms with Crippen LogP contribution in [0.2, 0.25) is 0 Å². The van der Waals surface area contributed by atoms with Gasteiger partial charge in [-0.2, -0.15) is 0 Å². The van der Waals surface area contributed by atoms with Gasteiger partial charge in [0, 0.05) is 13.2 Å². The van der Waals surface area contributed by atoms with E-state index < -0.39 is 0 Å². The summed E-state index contributed by atoms with van der Waals surface area (Å²) in [4.78, 5) is 0. The topological polar surface area (TPSA) is 35.2 Å². The van der Waals surface area contributed by atoms with Crippen LogP contribution in [-0.4, -0.2) is 19.8 Å². The summed E-state index contributed by atoms with van der Waals surface area (Å²) in [6.07, 6.45) is 2.82. The standard InChI is InChI=1S/C8H17NO/c1-7(8-2-3-8)6-10-5-4-9/h7-8H,2-6,9H2,1H3. The van der Waals surface area contributed by atoms with Gasteiger partial charge in [-0.05, 0) is 24.7 Å². The largest absolute Gasteiger partial charge is 0.380 e. The first-order valence-electron chi connectivity index (χ1n) is 4.12. The van der Waals surface area contributed by atoms with Crippen molar-refractivity contribution in [2.24, 2.45) is 17.6 Å². The van der Waals surface area contributed by atoms with Gasteiger partial charge in [0.15, 0.2) is 0 Å². The van der Waals surface area contributed by atoms with E-state index in [9.17, 15) is 0 Å². The number of hydrogen-bond donors (Lipinski definition) is 1. The van der Waals surface area contributed by atoms with Crippen molar-refractivity contribution in [1.29, 1.82) is 0 Å². The van der Waals surface area contributed by atoms with Crippen molar-refractivity contribution in [3.8, 4) is 0 Å². The molecule has 1 saturated carbocycles. The lowest BCUT2D eigenvalue weighted by atomic mass is 10.1. The van der Waals surface area contributed by atoms with Gasteiger partial charge in [0.1, 0.15) is 0 Å². The molecule has 0 amide bonds. The van der Waals surface area contributed by atoms with E-state index in [0.29, 0.717) is 6.54 Å². The van der Waals surface area contributed by atoms with Crippen LogP contribution < -0.4 is 5.73 Å². The molecule has 0 saturated heterocycles. The summed E-state index contributed by atoms with van der Waals surface area (Å²) in [6, 6.07) is 0. The zero-order valence-corrected chi connectivity index (χ0v) is 6.68. The van der Waals surface area contributed by atoms with Gasteiger partial charge in [-0.1, -0.05) is 6.92 Å². The van der Waals surface area contributed by atoms with E-state index in [1.54, 1.807) is 0 Å². The van der Waals surface area contributed by atoms with Gasteiger partial charge in [0.2, 0.25) is 0 Å². The van der Waals surface area contributed by atoms with Crippen LogP contribution in [-0.2, 0) is 4.74 Å². The first-order valence-corrected chi connectivity index (χ1v) is 4.12. The maximum Gasteiger partial charge on any atom is 0.0588 e. The summed E-state index contributed by atoms with van der Waals surface area (Å²) in [5.74, 6) is 1.71. The number of nitrogens with two attached hydrogens (primary N) is 1. The summed E-state index contributed by atoms with van der Waals surface area (Å²) in [7, 11) is 0. The van der Waals surface area contributed by atoms with Crippen LogP contribution in [0.1, 0.15) is 19.8 Å². The SMILES string of the molecule is CC(COCCN)C1CC1. The molecule has 0 aliphatic heterocycles. The summed E-state index contributed by atoms with van der Waals surface area (Å²) in [6.45, 7) is 4.53. The predicted octanol–water partition coefficient (Wildman–Crippen LogP) is 1.01. The molecule has 0 radical (unpaired) electrons. The molecule has 1 unspecified atom stereocenters. The van der Waals surface area contributed by atoms with E-state index in [-0.39, 0.29) is 0 Å². The third kappa shape index (κ3) is 2.67. The van der Waals surface area contributed by atoms with Crippen LogP contribution >= 0.6 is 0 Å². The molecule has 60 valence electrons. The molecule has 0 aromatic heterocycles. The highest BCUT2D eigenvalue weighted by molar-refractivity contribution is 4.78. The molecule has 2 nitrogen and oxygen atoms in total. The van der Waals surface area contributed by atoms with E-state index in [4.69, 9.17) is 10.5 Å². The Bertz CT molecular complexity index is 91.3. The van der Waals surface area contributed by atoms with Gasteiger partial charge in [0.05, 0.1) is 6.61 Å². The van der Waals surface area contributed by atoms with Crippen LogP contribution in [0.5, 0.6) is 0 Å². The lowest BCUT2D eigenvalue weighted by molar-refractivity contribution is 0.104. The maximum absolute atomic E-state index is 5.32. The molecule has 0 aromatic carbocycles. The van der Waals surface area contributed by atoms with Crippen molar-refractivity contribution in [2.75, 3.05) is 19.8 Å². The Labute approximate surface area is 62.7 Å². The highest BCUT2D eigenvalue weighted by Gasteiger charge is 2.27. The quantitative estimate of drug-likeness (QED) is 0.583. The fourth-order valence-corrected chi connectivity index (χ4v) is 1.15. The molecule has 1 atom stereocenters. The Morgan fingerprint density at radius 3 is 2.80 bits per heavy atom. The summed E-state index contributed by atoms with van der Waals surface area (Å²) >= 11 is 0. The molecular formula is C8H17NO. The lowest BCUT2D eigenvalue weighted by Crippen LogP contribution is -2.13. The Morgan fingerprint density at radius 2 is 2.30 bits per heavy atom. The molecule has 0 heterocycles. The molecule has 0 aromatic rings. The Balaban J connectivity index is 1.90. The van der Waals surface area contributed by atoms with Gasteiger partial charge in [-0.3, -0.25) is 0 Å². The molecule has 2 N–H and O–H groups in total. The van der Waals surface area contributed by atoms with E-state index in [2.05, 4.69) is 6.92 Å². The zero-order chi connectivity index (χ0) is 7.40. The number of hydrogen-bond acceptors (Lipinski definition) is 2. The zero-order valence-electron chi connectivity index (χ0n) is 6.68. The van der Waals surface area contributed by atoms with Crippen molar-refractivity contribution in [3.63, 3.8) is 0 Å². The third-order valence-electron chi connectivity index (χ3n) is 2.07. The summed E-state index contributed by atoms with van der Waals surface area (Å²) in [5.41, 5.74) is 5.28. The molecular weight excluding hydrogens is 126 g/mol. The van der Waals surface area contributed by atoms with Crippen LogP contribution in [0.3, 0.4) is 0 Å². The smallest absolute Gasteiger partial charge is 0.0588 e. The van der Waals surface area contributed by atoms with Gasteiger partial charge < -0.3 is 10.5 Å². The molecule has 10 heavy (non-hydrogen) atoms. The fourth-order valence-electron chi connectivity index (χ4n) is 1.15. The fraction of sp³-hybridized carbons (Fsp3) is 1.00. The van der Waals surface area contributed by atoms with Crippen molar-refractivity contribution in [1.82, 2.24) is 0 Å². The molecule has 1 fully saturated rings. The molecule has 0 spiro atoms. The first-order chi connectivity index (χ1) is 4.84. The van der Waals surface area contributed by atoms with Gasteiger partial charge in [-0.25, -0.2) is 0 Å². The van der Waals surface area contributed by atoms with Crippen LogP contribution in [0, 0.1) is 11.8 Å². The molecule has 1 aliphatic rings. The maximum atomic E-state index is 5.32. The van der Waals surface area contributed by atoms with Crippen LogP contribution in [0.15, 0.2) is 0 Å². The van der Waals surface area contributed by atoms with Gasteiger partial charge in [-0.15, -0.1) is 0 Å². The summed E-state index contributed by atoms with van der Waals surface area (Å²) < 4.78 is 5.32. The van der Waals surface area contributed by atoms with Crippen LogP contribution in [0.4, 0.5) is 0 Å². The lowest BCUT2D eigenvalue weighted by Gasteiger charge is -2.08. The van der Waals surface area contributed by atoms with Gasteiger partial charge in [0.25, 0.3) is 0 Å². The highest BCUT2D eigenvalue weighted by Crippen LogP contribution is 2.36. The van der Waals surface area contributed by atoms with E-state index in [1.807, 2.05) is 0 Å². The molecule has 2 heteroatoms. The van der Waals surface area contributed by atoms with Crippen molar-refractivity contribution in [3.05, 3.63) is 0 Å². The van der Waals surface area contributed by atoms with E-state index in [1.165, 1.54) is 12.8 Å². The van der Waals surface area contributed by atoms with Crippen LogP contribution in [0.25, 0.3) is 0 Å². The monoisotopic (exact) mass is 143 g/mol. The molecule has 1 rings (SSSR count). The minimum atomic E-state index is 0.650. The Kier molecular flexibility index (Phi) is 3.16. The van der Waals surface area contributed by atoms with Crippen molar-refractivity contribution in [2.45, 2.75) is 19.8 Å². The minimum Gasteiger partial charge on any atom is -0.380 e. The first kappa shape index (κ1) is 8.02. The average molecular weight is 143 g/mol. The Morgan fingerprint density at radius 1 is 1.60 bits per heavy atom. The van der Waals surface area contributed by atoms with Gasteiger partial charge >= 0.3 is 0 Å². The van der Waals surface area contributed by atoms with Crippen molar-refractivity contribution < 1.29 is 4.74 Å². The molecule has 0 bridgehead atoms. The van der Waals surface area contributed by atoms with E-state index in [0.717, 1.165) is 25.0 Å². The second-order valence-corrected chi connectivity index (χ2v) is 3.18. The molecule has 1 aliphatic carbocycles. The van der Waals surface area contributed by atoms with Crippen molar-refractivity contribution >= 4 is 0 Å². The minimum absolute atomic E-state index is 0.650. The number of rotatable bonds is 5. The number of ether oxygens (including phenoxy) is 1. The third-order valence-corrected chi connectivity index (χ3v) is 2.07. The second-order valence-electron chi connectivity index (χ2n) is 3.18. The average Bonchev–Trinajstić information content (AvgIpc) is 2.69.